The average molecular weight is 386 g/mol. The molecule has 1 fully saturated rings. The number of allylic oxidation sites excluding steroid dienone is 2. The molecule has 6 nitrogen and oxygen atoms in total. The lowest BCUT2D eigenvalue weighted by molar-refractivity contribution is -0.149. The van der Waals surface area contributed by atoms with Crippen LogP contribution < -0.4 is 10.6 Å². The van der Waals surface area contributed by atoms with Crippen molar-refractivity contribution < 1.29 is 14.4 Å². The Labute approximate surface area is 167 Å². The van der Waals surface area contributed by atoms with Gasteiger partial charge >= 0.3 is 0 Å². The summed E-state index contributed by atoms with van der Waals surface area (Å²) in [5.41, 5.74) is 1.07. The first-order valence-corrected chi connectivity index (χ1v) is 9.67. The molecule has 0 bridgehead atoms. The Hall–Kier alpha value is -2.89. The standard InChI is InChI=1S/C18H25N3O3.C4H6/c1-2-3-11-19-17(23)16-18(24)20-12-13-21(16)15(22)10-9-14-7-5-4-6-8-14;1-3-4-2/h4-8,16H,2-3,9-13H2,1H3,(H,19,23)(H,20,24);3-4H,1-2H2. The minimum Gasteiger partial charge on any atom is -0.354 e. The molecule has 0 aliphatic carbocycles. The van der Waals surface area contributed by atoms with E-state index in [-0.39, 0.29) is 12.3 Å². The van der Waals surface area contributed by atoms with Crippen LogP contribution in [-0.2, 0) is 20.8 Å². The SMILES string of the molecule is C=CC=C.CCCCNC(=O)C1C(=O)NCCN1C(=O)CCc1ccccc1. The molecule has 0 saturated carbocycles. The Morgan fingerprint density at radius 3 is 2.54 bits per heavy atom. The average Bonchev–Trinajstić information content (AvgIpc) is 2.72. The van der Waals surface area contributed by atoms with Crippen LogP contribution in [0.25, 0.3) is 0 Å². The maximum atomic E-state index is 12.5. The van der Waals surface area contributed by atoms with Gasteiger partial charge in [-0.15, -0.1) is 0 Å². The van der Waals surface area contributed by atoms with Gasteiger partial charge in [-0.3, -0.25) is 14.4 Å². The van der Waals surface area contributed by atoms with Crippen molar-refractivity contribution in [3.63, 3.8) is 0 Å². The summed E-state index contributed by atoms with van der Waals surface area (Å²) < 4.78 is 0. The highest BCUT2D eigenvalue weighted by Crippen LogP contribution is 2.10. The third kappa shape index (κ3) is 7.78. The number of unbranched alkanes of at least 4 members (excludes halogenated alkanes) is 1. The first-order chi connectivity index (χ1) is 13.5. The fourth-order valence-electron chi connectivity index (χ4n) is 2.72. The van der Waals surface area contributed by atoms with E-state index in [1.165, 1.54) is 4.90 Å². The highest BCUT2D eigenvalue weighted by atomic mass is 16.2. The summed E-state index contributed by atoms with van der Waals surface area (Å²) in [4.78, 5) is 38.3. The highest BCUT2D eigenvalue weighted by Gasteiger charge is 2.38. The lowest BCUT2D eigenvalue weighted by atomic mass is 10.1. The van der Waals surface area contributed by atoms with Crippen LogP contribution in [0.15, 0.2) is 55.6 Å². The Kier molecular flexibility index (Phi) is 11.0. The van der Waals surface area contributed by atoms with Crippen molar-refractivity contribution >= 4 is 17.7 Å². The van der Waals surface area contributed by atoms with Gasteiger partial charge in [0.25, 0.3) is 11.8 Å². The number of hydrogen-bond donors (Lipinski definition) is 2. The van der Waals surface area contributed by atoms with Crippen LogP contribution in [0.1, 0.15) is 31.7 Å². The zero-order valence-corrected chi connectivity index (χ0v) is 16.7. The largest absolute Gasteiger partial charge is 0.354 e. The van der Waals surface area contributed by atoms with Crippen molar-refractivity contribution in [1.82, 2.24) is 15.5 Å². The molecular weight excluding hydrogens is 354 g/mol. The molecule has 1 heterocycles. The number of rotatable bonds is 8. The minimum absolute atomic E-state index is 0.163. The van der Waals surface area contributed by atoms with E-state index in [0.717, 1.165) is 18.4 Å². The molecule has 1 aliphatic heterocycles. The molecule has 1 atom stereocenters. The zero-order chi connectivity index (χ0) is 20.8. The van der Waals surface area contributed by atoms with Crippen molar-refractivity contribution in [3.8, 4) is 0 Å². The summed E-state index contributed by atoms with van der Waals surface area (Å²) in [6.07, 6.45) is 5.97. The lowest BCUT2D eigenvalue weighted by Gasteiger charge is -2.34. The monoisotopic (exact) mass is 385 g/mol. The van der Waals surface area contributed by atoms with E-state index >= 15 is 0 Å². The summed E-state index contributed by atoms with van der Waals surface area (Å²) in [6.45, 7) is 10.0. The third-order valence-electron chi connectivity index (χ3n) is 4.25. The van der Waals surface area contributed by atoms with Gasteiger partial charge in [0.2, 0.25) is 5.91 Å². The number of nitrogens with one attached hydrogen (secondary N) is 2. The number of amides is 3. The van der Waals surface area contributed by atoms with E-state index in [4.69, 9.17) is 0 Å². The normalized spacial score (nSPS) is 15.5. The van der Waals surface area contributed by atoms with Gasteiger partial charge in [0, 0.05) is 26.1 Å². The van der Waals surface area contributed by atoms with E-state index in [0.29, 0.717) is 26.1 Å². The second kappa shape index (κ2) is 13.3. The molecule has 28 heavy (non-hydrogen) atoms. The van der Waals surface area contributed by atoms with Gasteiger partial charge in [-0.1, -0.05) is 69.0 Å². The zero-order valence-electron chi connectivity index (χ0n) is 16.7. The number of aryl methyl sites for hydroxylation is 1. The fourth-order valence-corrected chi connectivity index (χ4v) is 2.72. The van der Waals surface area contributed by atoms with Gasteiger partial charge in [-0.05, 0) is 18.4 Å². The lowest BCUT2D eigenvalue weighted by Crippen LogP contribution is -2.62. The molecule has 1 aliphatic rings. The predicted octanol–water partition coefficient (Wildman–Crippen LogP) is 2.22. The van der Waals surface area contributed by atoms with Crippen LogP contribution in [0.2, 0.25) is 0 Å². The van der Waals surface area contributed by atoms with Crippen LogP contribution in [0.3, 0.4) is 0 Å². The Bertz CT molecular complexity index is 652. The van der Waals surface area contributed by atoms with Crippen molar-refractivity contribution in [2.45, 2.75) is 38.6 Å². The summed E-state index contributed by atoms with van der Waals surface area (Å²) >= 11 is 0. The number of benzene rings is 1. The number of nitrogens with zero attached hydrogens (tertiary/aromatic N) is 1. The van der Waals surface area contributed by atoms with Crippen molar-refractivity contribution in [1.29, 1.82) is 0 Å². The summed E-state index contributed by atoms with van der Waals surface area (Å²) in [5, 5.41) is 5.42. The van der Waals surface area contributed by atoms with E-state index in [9.17, 15) is 14.4 Å². The molecule has 2 rings (SSSR count). The summed E-state index contributed by atoms with van der Waals surface area (Å²) in [6, 6.07) is 8.66. The van der Waals surface area contributed by atoms with Gasteiger partial charge in [0.15, 0.2) is 6.04 Å². The molecular formula is C22H31N3O3. The number of hydrogen-bond acceptors (Lipinski definition) is 3. The second-order valence-corrected chi connectivity index (χ2v) is 6.38. The first-order valence-electron chi connectivity index (χ1n) is 9.67. The quantitative estimate of drug-likeness (QED) is 0.409. The Balaban J connectivity index is 0.000000892. The molecule has 3 amide bonds. The van der Waals surface area contributed by atoms with Crippen molar-refractivity contribution in [3.05, 3.63) is 61.2 Å². The molecule has 0 spiro atoms. The second-order valence-electron chi connectivity index (χ2n) is 6.38. The fraction of sp³-hybridized carbons (Fsp3) is 0.409. The van der Waals surface area contributed by atoms with Gasteiger partial charge in [-0.2, -0.15) is 0 Å². The molecule has 1 unspecified atom stereocenters. The molecule has 1 aromatic carbocycles. The number of carbonyl (C=O) groups excluding carboxylic acids is 3. The van der Waals surface area contributed by atoms with Gasteiger partial charge in [-0.25, -0.2) is 0 Å². The highest BCUT2D eigenvalue weighted by molar-refractivity contribution is 6.07. The maximum Gasteiger partial charge on any atom is 0.252 e. The van der Waals surface area contributed by atoms with E-state index in [2.05, 4.69) is 23.8 Å². The van der Waals surface area contributed by atoms with E-state index < -0.39 is 17.9 Å². The van der Waals surface area contributed by atoms with Gasteiger partial charge in [0.05, 0.1) is 0 Å². The summed E-state index contributed by atoms with van der Waals surface area (Å²) in [5.74, 6) is -0.957. The molecule has 6 heteroatoms. The molecule has 0 radical (unpaired) electrons. The van der Waals surface area contributed by atoms with Crippen LogP contribution in [0.5, 0.6) is 0 Å². The molecule has 1 aromatic rings. The van der Waals surface area contributed by atoms with Gasteiger partial charge < -0.3 is 15.5 Å². The first kappa shape index (κ1) is 23.1. The van der Waals surface area contributed by atoms with Crippen molar-refractivity contribution in [2.24, 2.45) is 0 Å². The van der Waals surface area contributed by atoms with Crippen LogP contribution >= 0.6 is 0 Å². The number of piperazine rings is 1. The van der Waals surface area contributed by atoms with E-state index in [1.54, 1.807) is 12.2 Å². The van der Waals surface area contributed by atoms with Crippen LogP contribution in [0, 0.1) is 0 Å². The maximum absolute atomic E-state index is 12.5. The smallest absolute Gasteiger partial charge is 0.252 e. The van der Waals surface area contributed by atoms with Crippen LogP contribution in [0.4, 0.5) is 0 Å². The summed E-state index contributed by atoms with van der Waals surface area (Å²) in [7, 11) is 0. The van der Waals surface area contributed by atoms with Crippen molar-refractivity contribution in [2.75, 3.05) is 19.6 Å². The molecule has 2 N–H and O–H groups in total. The van der Waals surface area contributed by atoms with Gasteiger partial charge in [0.1, 0.15) is 0 Å². The molecule has 0 aromatic heterocycles. The minimum atomic E-state index is -1.06. The van der Waals surface area contributed by atoms with Crippen LogP contribution in [-0.4, -0.2) is 48.3 Å². The third-order valence-corrected chi connectivity index (χ3v) is 4.25. The van der Waals surface area contributed by atoms with E-state index in [1.807, 2.05) is 37.3 Å². The number of carbonyl (C=O) groups is 3. The topological polar surface area (TPSA) is 78.5 Å². The molecule has 152 valence electrons. The predicted molar refractivity (Wildman–Crippen MR) is 112 cm³/mol. The Morgan fingerprint density at radius 2 is 1.93 bits per heavy atom. The Morgan fingerprint density at radius 1 is 1.25 bits per heavy atom. The molecule has 1 saturated heterocycles.